The van der Waals surface area contributed by atoms with E-state index in [9.17, 15) is 19.2 Å². The molecular weight excluding hydrogens is 508 g/mol. The lowest BCUT2D eigenvalue weighted by atomic mass is 9.68. The Morgan fingerprint density at radius 3 is 2.24 bits per heavy atom. The summed E-state index contributed by atoms with van der Waals surface area (Å²) in [5.41, 5.74) is 1.96. The Kier molecular flexibility index (Phi) is 5.23. The molecule has 0 radical (unpaired) electrons. The number of hydrogen-bond donors (Lipinski definition) is 1. The highest BCUT2D eigenvalue weighted by Gasteiger charge is 2.69. The first-order valence-electron chi connectivity index (χ1n) is 12.6. The fraction of sp³-hybridized carbons (Fsp3) is 0.357. The minimum atomic E-state index is -1.02. The molecule has 3 heterocycles. The van der Waals surface area contributed by atoms with E-state index in [1.807, 2.05) is 48.5 Å². The van der Waals surface area contributed by atoms with Crippen LogP contribution in [0, 0.1) is 29.6 Å². The molecule has 1 saturated heterocycles. The van der Waals surface area contributed by atoms with Gasteiger partial charge in [0.15, 0.2) is 0 Å². The van der Waals surface area contributed by atoms with Crippen LogP contribution in [-0.4, -0.2) is 44.2 Å². The van der Waals surface area contributed by atoms with E-state index in [0.29, 0.717) is 0 Å². The molecule has 0 spiro atoms. The molecule has 7 nitrogen and oxygen atoms in total. The van der Waals surface area contributed by atoms with Crippen molar-refractivity contribution in [2.24, 2.45) is 29.6 Å². The number of thioether (sulfide) groups is 1. The fourth-order valence-corrected chi connectivity index (χ4v) is 10.6. The topological polar surface area (TPSA) is 96.7 Å². The van der Waals surface area contributed by atoms with Crippen molar-refractivity contribution in [2.75, 3.05) is 6.54 Å². The lowest BCUT2D eigenvalue weighted by Gasteiger charge is -2.43. The molecule has 2 aliphatic carbocycles. The number of nitrogens with zero attached hydrogens (tertiary/aromatic N) is 2. The number of carbonyl (C=O) groups excluding carboxylic acids is 2. The zero-order valence-electron chi connectivity index (χ0n) is 19.7. The van der Waals surface area contributed by atoms with Crippen LogP contribution in [0.2, 0.25) is 0 Å². The number of carboxylic acid groups (broad SMARTS) is 1. The summed E-state index contributed by atoms with van der Waals surface area (Å²) in [5.74, 6) is -2.08. The Morgan fingerprint density at radius 1 is 0.919 bits per heavy atom. The molecule has 4 aliphatic rings. The summed E-state index contributed by atoms with van der Waals surface area (Å²) in [6, 6.07) is 19.9. The average Bonchev–Trinajstić information content (AvgIpc) is 3.62. The van der Waals surface area contributed by atoms with Crippen molar-refractivity contribution in [3.8, 4) is 5.69 Å². The van der Waals surface area contributed by atoms with E-state index in [-0.39, 0.29) is 58.6 Å². The molecule has 3 fully saturated rings. The van der Waals surface area contributed by atoms with Gasteiger partial charge in [0, 0.05) is 22.6 Å². The van der Waals surface area contributed by atoms with Crippen LogP contribution in [0.15, 0.2) is 70.5 Å². The van der Waals surface area contributed by atoms with Gasteiger partial charge < -0.3 is 5.11 Å². The van der Waals surface area contributed by atoms with Crippen LogP contribution in [0.1, 0.15) is 29.2 Å². The van der Waals surface area contributed by atoms with E-state index < -0.39 is 17.8 Å². The van der Waals surface area contributed by atoms with Crippen LogP contribution in [0.4, 0.5) is 0 Å². The third-order valence-electron chi connectivity index (χ3n) is 8.68. The molecule has 0 unspecified atom stereocenters. The van der Waals surface area contributed by atoms with Gasteiger partial charge in [0.05, 0.1) is 29.0 Å². The van der Waals surface area contributed by atoms with Gasteiger partial charge in [-0.2, -0.15) is 0 Å². The largest absolute Gasteiger partial charge is 0.481 e. The molecule has 2 aromatic carbocycles. The molecular formula is C28H24N2O5S2. The summed E-state index contributed by atoms with van der Waals surface area (Å²) in [6.45, 7) is -0.0646. The van der Waals surface area contributed by atoms with Crippen molar-refractivity contribution in [2.45, 2.75) is 29.0 Å². The number of aliphatic carboxylic acids is 1. The second-order valence-corrected chi connectivity index (χ2v) is 12.5. The van der Waals surface area contributed by atoms with Gasteiger partial charge in [-0.3, -0.25) is 28.6 Å². The third-order valence-corrected chi connectivity index (χ3v) is 11.4. The number of amides is 2. The Bertz CT molecular complexity index is 1480. The Morgan fingerprint density at radius 2 is 1.57 bits per heavy atom. The number of benzene rings is 2. The van der Waals surface area contributed by atoms with Crippen molar-refractivity contribution in [3.05, 3.63) is 80.8 Å². The van der Waals surface area contributed by atoms with Gasteiger partial charge in [-0.25, -0.2) is 0 Å². The van der Waals surface area contributed by atoms with E-state index in [1.165, 1.54) is 16.2 Å². The minimum absolute atomic E-state index is 0.0230. The second-order valence-electron chi connectivity index (χ2n) is 10.3. The SMILES string of the molecule is O=C(O)CCN1C(=O)[C@@H]2[C@H]3C[C@@H]([C@@H]2C1=O)[C@@H]1[C@@H](c2ccccc2)c2sc(=O)n(-c4ccccc4)c2S[C@H]31. The second kappa shape index (κ2) is 8.43. The van der Waals surface area contributed by atoms with E-state index in [2.05, 4.69) is 12.1 Å². The van der Waals surface area contributed by atoms with Crippen molar-refractivity contribution >= 4 is 40.9 Å². The van der Waals surface area contributed by atoms with Gasteiger partial charge in [0.1, 0.15) is 0 Å². The van der Waals surface area contributed by atoms with Crippen molar-refractivity contribution in [1.82, 2.24) is 9.47 Å². The highest BCUT2D eigenvalue weighted by Crippen LogP contribution is 2.68. The molecule has 2 aliphatic heterocycles. The summed E-state index contributed by atoms with van der Waals surface area (Å²) in [5, 5.41) is 10.2. The first kappa shape index (κ1) is 23.0. The predicted octanol–water partition coefficient (Wildman–Crippen LogP) is 3.85. The van der Waals surface area contributed by atoms with Crippen molar-refractivity contribution in [3.63, 3.8) is 0 Å². The van der Waals surface area contributed by atoms with Gasteiger partial charge in [-0.1, -0.05) is 59.9 Å². The molecule has 2 saturated carbocycles. The number of fused-ring (bicyclic) bond motifs is 9. The number of likely N-dealkylation sites (tertiary alicyclic amines) is 1. The smallest absolute Gasteiger partial charge is 0.312 e. The number of hydrogen-bond acceptors (Lipinski definition) is 6. The predicted molar refractivity (Wildman–Crippen MR) is 139 cm³/mol. The maximum absolute atomic E-state index is 13.5. The molecule has 1 N–H and O–H groups in total. The number of para-hydroxylation sites is 1. The summed E-state index contributed by atoms with van der Waals surface area (Å²) in [4.78, 5) is 53.6. The number of thiazole rings is 1. The van der Waals surface area contributed by atoms with Crippen LogP contribution in [0.5, 0.6) is 0 Å². The molecule has 3 aromatic rings. The maximum atomic E-state index is 13.5. The first-order valence-corrected chi connectivity index (χ1v) is 14.2. The monoisotopic (exact) mass is 532 g/mol. The van der Waals surface area contributed by atoms with Gasteiger partial charge in [-0.15, -0.1) is 11.8 Å². The molecule has 2 bridgehead atoms. The number of carbonyl (C=O) groups is 3. The Hall–Kier alpha value is -3.17. The average molecular weight is 533 g/mol. The molecule has 9 heteroatoms. The van der Waals surface area contributed by atoms with Gasteiger partial charge >= 0.3 is 10.8 Å². The van der Waals surface area contributed by atoms with Crippen LogP contribution in [0.3, 0.4) is 0 Å². The molecule has 188 valence electrons. The summed E-state index contributed by atoms with van der Waals surface area (Å²) in [7, 11) is 0. The Labute approximate surface area is 221 Å². The van der Waals surface area contributed by atoms with Gasteiger partial charge in [0.25, 0.3) is 0 Å². The van der Waals surface area contributed by atoms with Gasteiger partial charge in [0.2, 0.25) is 11.8 Å². The van der Waals surface area contributed by atoms with Crippen molar-refractivity contribution < 1.29 is 19.5 Å². The number of carboxylic acids is 1. The standard InChI is InChI=1S/C28H24N2O5S2/c31-18(32)11-12-29-25(33)21-16-13-17(22(21)26(29)34)23-20(16)19(14-7-3-1-4-8-14)24-27(36-23)30(28(35)37-24)15-9-5-2-6-10-15/h1-10,16-17,19-23H,11-13H2,(H,31,32)/t16-,17-,19-,20-,21+,22-,23-/m1/s1. The summed E-state index contributed by atoms with van der Waals surface area (Å²) >= 11 is 2.99. The first-order chi connectivity index (χ1) is 18.0. The maximum Gasteiger partial charge on any atom is 0.312 e. The van der Waals surface area contributed by atoms with Crippen LogP contribution in [0.25, 0.3) is 5.69 Å². The number of rotatable bonds is 5. The van der Waals surface area contributed by atoms with E-state index in [4.69, 9.17) is 5.11 Å². The van der Waals surface area contributed by atoms with Crippen LogP contribution < -0.4 is 4.87 Å². The minimum Gasteiger partial charge on any atom is -0.481 e. The molecule has 1 aromatic heterocycles. The Balaban J connectivity index is 1.35. The van der Waals surface area contributed by atoms with Gasteiger partial charge in [-0.05, 0) is 41.9 Å². The normalized spacial score (nSPS) is 31.4. The summed E-state index contributed by atoms with van der Waals surface area (Å²) in [6.07, 6.45) is 0.580. The zero-order valence-corrected chi connectivity index (χ0v) is 21.4. The lowest BCUT2D eigenvalue weighted by Crippen LogP contribution is -2.43. The summed E-state index contributed by atoms with van der Waals surface area (Å²) < 4.78 is 1.81. The highest BCUT2D eigenvalue weighted by atomic mass is 32.2. The molecule has 37 heavy (non-hydrogen) atoms. The third kappa shape index (κ3) is 3.26. The number of aromatic nitrogens is 1. The molecule has 2 amide bonds. The van der Waals surface area contributed by atoms with E-state index >= 15 is 0 Å². The quantitative estimate of drug-likeness (QED) is 0.502. The zero-order chi connectivity index (χ0) is 25.4. The van der Waals surface area contributed by atoms with E-state index in [0.717, 1.165) is 27.6 Å². The fourth-order valence-electron chi connectivity index (χ4n) is 7.40. The van der Waals surface area contributed by atoms with Crippen molar-refractivity contribution in [1.29, 1.82) is 0 Å². The van der Waals surface area contributed by atoms with E-state index in [1.54, 1.807) is 16.3 Å². The molecule has 7 rings (SSSR count). The number of imide groups is 1. The van der Waals surface area contributed by atoms with Crippen LogP contribution in [-0.2, 0) is 14.4 Å². The molecule has 7 atom stereocenters. The lowest BCUT2D eigenvalue weighted by molar-refractivity contribution is -0.142. The van der Waals surface area contributed by atoms with Crippen LogP contribution >= 0.6 is 23.1 Å². The highest BCUT2D eigenvalue weighted by molar-refractivity contribution is 8.00.